The molecule has 0 radical (unpaired) electrons. The van der Waals surface area contributed by atoms with Crippen molar-refractivity contribution < 1.29 is 0 Å². The van der Waals surface area contributed by atoms with Gasteiger partial charge in [-0.05, 0) is 22.9 Å². The van der Waals surface area contributed by atoms with Gasteiger partial charge in [-0.3, -0.25) is 4.79 Å². The van der Waals surface area contributed by atoms with Crippen molar-refractivity contribution in [3.05, 3.63) is 31.4 Å². The molecule has 0 aliphatic carbocycles. The first-order chi connectivity index (χ1) is 6.68. The second kappa shape index (κ2) is 3.62. The Kier molecular flexibility index (Phi) is 2.47. The molecule has 0 fully saturated rings. The van der Waals surface area contributed by atoms with Gasteiger partial charge in [0.2, 0.25) is 0 Å². The zero-order valence-electron chi connectivity index (χ0n) is 7.24. The number of thiazole rings is 1. The summed E-state index contributed by atoms with van der Waals surface area (Å²) in [5.41, 5.74) is 2.88. The smallest absolute Gasteiger partial charge is 0.265 e. The highest BCUT2D eigenvalue weighted by Crippen LogP contribution is 2.15. The van der Waals surface area contributed by atoms with E-state index in [1.807, 2.05) is 5.38 Å². The minimum atomic E-state index is -0.180. The molecule has 0 saturated carbocycles. The van der Waals surface area contributed by atoms with Crippen LogP contribution in [0.15, 0.2) is 20.2 Å². The fourth-order valence-corrected chi connectivity index (χ4v) is 1.75. The normalized spacial score (nSPS) is 10.4. The van der Waals surface area contributed by atoms with Crippen LogP contribution in [-0.2, 0) is 0 Å². The van der Waals surface area contributed by atoms with Crippen molar-refractivity contribution in [3.8, 4) is 11.5 Å². The fourth-order valence-electron chi connectivity index (χ4n) is 1.02. The van der Waals surface area contributed by atoms with Gasteiger partial charge < -0.3 is 4.98 Å². The summed E-state index contributed by atoms with van der Waals surface area (Å²) in [6, 6.07) is 0. The summed E-state index contributed by atoms with van der Waals surface area (Å²) in [5.74, 6) is 0.511. The molecule has 0 unspecified atom stereocenters. The van der Waals surface area contributed by atoms with E-state index < -0.39 is 0 Å². The SMILES string of the molecule is Cc1nc(-c2cscn2)[nH]c(=O)c1Br. The fraction of sp³-hybridized carbons (Fsp3) is 0.125. The lowest BCUT2D eigenvalue weighted by Crippen LogP contribution is -2.11. The van der Waals surface area contributed by atoms with Gasteiger partial charge in [0.05, 0.1) is 11.2 Å². The second-order valence-electron chi connectivity index (χ2n) is 2.69. The Morgan fingerprint density at radius 1 is 1.57 bits per heavy atom. The van der Waals surface area contributed by atoms with Crippen LogP contribution in [0.4, 0.5) is 0 Å². The van der Waals surface area contributed by atoms with Crippen molar-refractivity contribution in [1.29, 1.82) is 0 Å². The highest BCUT2D eigenvalue weighted by atomic mass is 79.9. The quantitative estimate of drug-likeness (QED) is 0.863. The van der Waals surface area contributed by atoms with E-state index in [1.165, 1.54) is 11.3 Å². The molecular formula is C8H6BrN3OS. The van der Waals surface area contributed by atoms with Crippen LogP contribution in [0.25, 0.3) is 11.5 Å². The monoisotopic (exact) mass is 271 g/mol. The van der Waals surface area contributed by atoms with E-state index in [1.54, 1.807) is 12.4 Å². The molecule has 0 amide bonds. The number of H-pyrrole nitrogens is 1. The van der Waals surface area contributed by atoms with Gasteiger partial charge in [-0.25, -0.2) is 9.97 Å². The average Bonchev–Trinajstić information content (AvgIpc) is 2.66. The number of rotatable bonds is 1. The first kappa shape index (κ1) is 9.54. The molecule has 0 spiro atoms. The Morgan fingerprint density at radius 2 is 2.36 bits per heavy atom. The maximum Gasteiger partial charge on any atom is 0.265 e. The van der Waals surface area contributed by atoms with Gasteiger partial charge in [0.1, 0.15) is 10.2 Å². The standard InChI is InChI=1S/C8H6BrN3OS/c1-4-6(9)8(13)12-7(11-4)5-2-14-3-10-5/h2-3H,1H3,(H,11,12,13). The van der Waals surface area contributed by atoms with Crippen molar-refractivity contribution >= 4 is 27.3 Å². The third-order valence-electron chi connectivity index (χ3n) is 1.70. The third kappa shape index (κ3) is 1.62. The molecule has 72 valence electrons. The molecule has 6 heteroatoms. The van der Waals surface area contributed by atoms with Crippen LogP contribution in [0, 0.1) is 6.92 Å². The molecule has 0 saturated heterocycles. The van der Waals surface area contributed by atoms with Crippen LogP contribution in [0.2, 0.25) is 0 Å². The Bertz CT molecular complexity index is 506. The molecule has 14 heavy (non-hydrogen) atoms. The van der Waals surface area contributed by atoms with Gasteiger partial charge >= 0.3 is 0 Å². The summed E-state index contributed by atoms with van der Waals surface area (Å²) in [6.07, 6.45) is 0. The molecule has 2 aromatic rings. The van der Waals surface area contributed by atoms with Crippen molar-refractivity contribution in [1.82, 2.24) is 15.0 Å². The molecular weight excluding hydrogens is 266 g/mol. The van der Waals surface area contributed by atoms with Gasteiger partial charge in [-0.2, -0.15) is 0 Å². The maximum atomic E-state index is 11.4. The Hall–Kier alpha value is -1.01. The molecule has 1 N–H and O–H groups in total. The number of aromatic nitrogens is 3. The Balaban J connectivity index is 2.63. The van der Waals surface area contributed by atoms with Gasteiger partial charge in [-0.1, -0.05) is 0 Å². The summed E-state index contributed by atoms with van der Waals surface area (Å²) in [4.78, 5) is 22.3. The van der Waals surface area contributed by atoms with Gasteiger partial charge in [-0.15, -0.1) is 11.3 Å². The van der Waals surface area contributed by atoms with Crippen LogP contribution in [0.5, 0.6) is 0 Å². The topological polar surface area (TPSA) is 58.6 Å². The molecule has 2 heterocycles. The van der Waals surface area contributed by atoms with Gasteiger partial charge in [0, 0.05) is 5.38 Å². The number of hydrogen-bond donors (Lipinski definition) is 1. The number of halogens is 1. The number of aryl methyl sites for hydroxylation is 1. The minimum Gasteiger partial charge on any atom is -0.304 e. The van der Waals surface area contributed by atoms with E-state index in [0.29, 0.717) is 21.7 Å². The molecule has 0 atom stereocenters. The van der Waals surface area contributed by atoms with Crippen molar-refractivity contribution in [2.45, 2.75) is 6.92 Å². The Morgan fingerprint density at radius 3 is 2.93 bits per heavy atom. The van der Waals surface area contributed by atoms with Crippen molar-refractivity contribution in [3.63, 3.8) is 0 Å². The predicted molar refractivity (Wildman–Crippen MR) is 58.4 cm³/mol. The minimum absolute atomic E-state index is 0.180. The summed E-state index contributed by atoms with van der Waals surface area (Å²) in [5, 5.41) is 1.84. The summed E-state index contributed by atoms with van der Waals surface area (Å²) in [7, 11) is 0. The molecule has 0 aromatic carbocycles. The van der Waals surface area contributed by atoms with Gasteiger partial charge in [0.25, 0.3) is 5.56 Å². The predicted octanol–water partition coefficient (Wildman–Crippen LogP) is 1.96. The van der Waals surface area contributed by atoms with E-state index in [2.05, 4.69) is 30.9 Å². The highest BCUT2D eigenvalue weighted by molar-refractivity contribution is 9.10. The summed E-state index contributed by atoms with van der Waals surface area (Å²) in [6.45, 7) is 1.77. The molecule has 2 rings (SSSR count). The lowest BCUT2D eigenvalue weighted by Gasteiger charge is -1.99. The van der Waals surface area contributed by atoms with Crippen LogP contribution in [0.3, 0.4) is 0 Å². The highest BCUT2D eigenvalue weighted by Gasteiger charge is 2.07. The largest absolute Gasteiger partial charge is 0.304 e. The number of nitrogens with zero attached hydrogens (tertiary/aromatic N) is 2. The third-order valence-corrected chi connectivity index (χ3v) is 3.22. The van der Waals surface area contributed by atoms with E-state index in [-0.39, 0.29) is 5.56 Å². The number of nitrogens with one attached hydrogen (secondary N) is 1. The lowest BCUT2D eigenvalue weighted by molar-refractivity contribution is 1.04. The average molecular weight is 272 g/mol. The molecule has 4 nitrogen and oxygen atoms in total. The van der Waals surface area contributed by atoms with E-state index >= 15 is 0 Å². The zero-order chi connectivity index (χ0) is 10.1. The number of aromatic amines is 1. The molecule has 0 bridgehead atoms. The van der Waals surface area contributed by atoms with Crippen molar-refractivity contribution in [2.24, 2.45) is 0 Å². The van der Waals surface area contributed by atoms with Crippen LogP contribution >= 0.6 is 27.3 Å². The molecule has 2 aromatic heterocycles. The van der Waals surface area contributed by atoms with Crippen LogP contribution in [-0.4, -0.2) is 15.0 Å². The summed E-state index contributed by atoms with van der Waals surface area (Å²) < 4.78 is 0.469. The zero-order valence-corrected chi connectivity index (χ0v) is 9.65. The van der Waals surface area contributed by atoms with E-state index in [4.69, 9.17) is 0 Å². The Labute approximate surface area is 92.2 Å². The van der Waals surface area contributed by atoms with Gasteiger partial charge in [0.15, 0.2) is 5.82 Å². The van der Waals surface area contributed by atoms with Crippen LogP contribution < -0.4 is 5.56 Å². The first-order valence-corrected chi connectivity index (χ1v) is 5.57. The van der Waals surface area contributed by atoms with Crippen molar-refractivity contribution in [2.75, 3.05) is 0 Å². The maximum absolute atomic E-state index is 11.4. The lowest BCUT2D eigenvalue weighted by atomic mass is 10.4. The number of hydrogen-bond acceptors (Lipinski definition) is 4. The second-order valence-corrected chi connectivity index (χ2v) is 4.20. The molecule has 0 aliphatic rings. The van der Waals surface area contributed by atoms with Crippen LogP contribution in [0.1, 0.15) is 5.69 Å². The van der Waals surface area contributed by atoms with E-state index in [0.717, 1.165) is 0 Å². The first-order valence-electron chi connectivity index (χ1n) is 3.83. The van der Waals surface area contributed by atoms with E-state index in [9.17, 15) is 4.79 Å². The molecule has 0 aliphatic heterocycles. The summed E-state index contributed by atoms with van der Waals surface area (Å²) >= 11 is 4.62.